The van der Waals surface area contributed by atoms with Crippen LogP contribution in [-0.2, 0) is 10.0 Å². The average molecular weight is 461 g/mol. The smallest absolute Gasteiger partial charge is 0.286 e. The summed E-state index contributed by atoms with van der Waals surface area (Å²) in [5, 5.41) is 11.8. The Hall–Kier alpha value is -2.69. The van der Waals surface area contributed by atoms with Crippen LogP contribution in [0.4, 0.5) is 10.1 Å². The van der Waals surface area contributed by atoms with E-state index < -0.39 is 15.8 Å². The highest BCUT2D eigenvalue weighted by Gasteiger charge is 2.32. The van der Waals surface area contributed by atoms with Crippen LogP contribution in [0.2, 0.25) is 0 Å². The number of piperidine rings is 1. The van der Waals surface area contributed by atoms with E-state index in [1.54, 1.807) is 0 Å². The Labute approximate surface area is 184 Å². The minimum Gasteiger partial charge on any atom is -0.320 e. The van der Waals surface area contributed by atoms with Crippen LogP contribution in [0.15, 0.2) is 53.4 Å². The highest BCUT2D eigenvalue weighted by molar-refractivity contribution is 7.89. The Bertz CT molecular complexity index is 1180. The van der Waals surface area contributed by atoms with E-state index in [0.717, 1.165) is 24.1 Å². The SMILES string of the molecule is Cc1ccc(NC(=O)c2nnc(C3CCCN(S(=O)(=O)c4ccc(F)cc4)C3)s2)cc1. The molecule has 1 atom stereocenters. The van der Waals surface area contributed by atoms with Crippen molar-refractivity contribution in [3.8, 4) is 0 Å². The maximum absolute atomic E-state index is 13.2. The number of aryl methyl sites for hydroxylation is 1. The van der Waals surface area contributed by atoms with E-state index in [0.29, 0.717) is 23.7 Å². The van der Waals surface area contributed by atoms with E-state index in [2.05, 4.69) is 15.5 Å². The Balaban J connectivity index is 1.46. The first kappa shape index (κ1) is 21.5. The molecule has 1 amide bonds. The largest absolute Gasteiger partial charge is 0.320 e. The second-order valence-corrected chi connectivity index (χ2v) is 10.4. The summed E-state index contributed by atoms with van der Waals surface area (Å²) in [7, 11) is -3.73. The molecule has 3 aromatic rings. The van der Waals surface area contributed by atoms with Crippen molar-refractivity contribution in [1.29, 1.82) is 0 Å². The quantitative estimate of drug-likeness (QED) is 0.625. The number of benzene rings is 2. The van der Waals surface area contributed by atoms with Gasteiger partial charge in [-0.15, -0.1) is 10.2 Å². The second-order valence-electron chi connectivity index (χ2n) is 7.42. The number of hydrogen-bond donors (Lipinski definition) is 1. The first-order chi connectivity index (χ1) is 14.8. The minimum atomic E-state index is -3.73. The number of halogens is 1. The van der Waals surface area contributed by atoms with Gasteiger partial charge in [0.05, 0.1) is 4.90 Å². The van der Waals surface area contributed by atoms with Gasteiger partial charge in [-0.05, 0) is 56.2 Å². The van der Waals surface area contributed by atoms with Crippen LogP contribution in [0.1, 0.15) is 39.1 Å². The molecule has 0 saturated carbocycles. The van der Waals surface area contributed by atoms with E-state index in [1.165, 1.54) is 27.8 Å². The zero-order valence-electron chi connectivity index (χ0n) is 16.8. The fourth-order valence-electron chi connectivity index (χ4n) is 3.43. The first-order valence-corrected chi connectivity index (χ1v) is 12.1. The van der Waals surface area contributed by atoms with Gasteiger partial charge in [0.1, 0.15) is 10.8 Å². The number of sulfonamides is 1. The highest BCUT2D eigenvalue weighted by Crippen LogP contribution is 2.32. The average Bonchev–Trinajstić information content (AvgIpc) is 3.26. The molecule has 0 radical (unpaired) electrons. The van der Waals surface area contributed by atoms with Crippen LogP contribution in [-0.4, -0.2) is 41.9 Å². The van der Waals surface area contributed by atoms with Crippen LogP contribution in [0.5, 0.6) is 0 Å². The molecule has 10 heteroatoms. The monoisotopic (exact) mass is 460 g/mol. The Morgan fingerprint density at radius 2 is 1.84 bits per heavy atom. The summed E-state index contributed by atoms with van der Waals surface area (Å²) < 4.78 is 40.4. The zero-order valence-corrected chi connectivity index (χ0v) is 18.4. The number of nitrogens with one attached hydrogen (secondary N) is 1. The van der Waals surface area contributed by atoms with Gasteiger partial charge in [-0.25, -0.2) is 12.8 Å². The normalized spacial score (nSPS) is 17.4. The van der Waals surface area contributed by atoms with Crippen molar-refractivity contribution in [3.63, 3.8) is 0 Å². The van der Waals surface area contributed by atoms with Gasteiger partial charge in [-0.3, -0.25) is 4.79 Å². The van der Waals surface area contributed by atoms with Gasteiger partial charge in [0.2, 0.25) is 15.0 Å². The van der Waals surface area contributed by atoms with Gasteiger partial charge in [-0.1, -0.05) is 29.0 Å². The predicted molar refractivity (Wildman–Crippen MR) is 116 cm³/mol. The van der Waals surface area contributed by atoms with Crippen molar-refractivity contribution in [3.05, 3.63) is 69.9 Å². The third kappa shape index (κ3) is 4.81. The molecule has 31 heavy (non-hydrogen) atoms. The van der Waals surface area contributed by atoms with Crippen molar-refractivity contribution in [2.45, 2.75) is 30.6 Å². The van der Waals surface area contributed by atoms with Crippen molar-refractivity contribution in [2.24, 2.45) is 0 Å². The standard InChI is InChI=1S/C21H21FN4O3S2/c1-14-4-8-17(9-5-14)23-19(27)21-25-24-20(30-21)15-3-2-12-26(13-15)31(28,29)18-10-6-16(22)7-11-18/h4-11,15H,2-3,12-13H2,1H3,(H,23,27). The lowest BCUT2D eigenvalue weighted by atomic mass is 10.0. The van der Waals surface area contributed by atoms with Gasteiger partial charge >= 0.3 is 0 Å². The molecule has 4 rings (SSSR count). The lowest BCUT2D eigenvalue weighted by Crippen LogP contribution is -2.39. The summed E-state index contributed by atoms with van der Waals surface area (Å²) in [6, 6.07) is 12.2. The van der Waals surface area contributed by atoms with E-state index in [-0.39, 0.29) is 28.3 Å². The molecule has 0 aliphatic carbocycles. The Kier molecular flexibility index (Phi) is 6.12. The van der Waals surface area contributed by atoms with Gasteiger partial charge in [0.15, 0.2) is 0 Å². The lowest BCUT2D eigenvalue weighted by Gasteiger charge is -2.30. The van der Waals surface area contributed by atoms with E-state index in [4.69, 9.17) is 0 Å². The lowest BCUT2D eigenvalue weighted by molar-refractivity contribution is 0.102. The highest BCUT2D eigenvalue weighted by atomic mass is 32.2. The van der Waals surface area contributed by atoms with Crippen LogP contribution in [0.3, 0.4) is 0 Å². The third-order valence-electron chi connectivity index (χ3n) is 5.13. The van der Waals surface area contributed by atoms with Crippen LogP contribution < -0.4 is 5.32 Å². The molecule has 1 saturated heterocycles. The summed E-state index contributed by atoms with van der Waals surface area (Å²) >= 11 is 1.18. The number of carbonyl (C=O) groups is 1. The molecule has 2 aromatic carbocycles. The molecule has 2 heterocycles. The number of hydrogen-bond acceptors (Lipinski definition) is 6. The summed E-state index contributed by atoms with van der Waals surface area (Å²) in [5.74, 6) is -0.984. The number of anilines is 1. The molecule has 0 bridgehead atoms. The second kappa shape index (κ2) is 8.81. The van der Waals surface area contributed by atoms with Crippen LogP contribution in [0, 0.1) is 12.7 Å². The number of aromatic nitrogens is 2. The Morgan fingerprint density at radius 1 is 1.13 bits per heavy atom. The molecular formula is C21H21FN4O3S2. The fourth-order valence-corrected chi connectivity index (χ4v) is 5.82. The van der Waals surface area contributed by atoms with Gasteiger partial charge in [-0.2, -0.15) is 4.31 Å². The summed E-state index contributed by atoms with van der Waals surface area (Å²) in [4.78, 5) is 12.6. The summed E-state index contributed by atoms with van der Waals surface area (Å²) in [6.45, 7) is 2.59. The van der Waals surface area contributed by atoms with Crippen molar-refractivity contribution >= 4 is 33.0 Å². The van der Waals surface area contributed by atoms with Crippen LogP contribution in [0.25, 0.3) is 0 Å². The third-order valence-corrected chi connectivity index (χ3v) is 8.09. The summed E-state index contributed by atoms with van der Waals surface area (Å²) in [6.07, 6.45) is 1.42. The van der Waals surface area contributed by atoms with Crippen molar-refractivity contribution < 1.29 is 17.6 Å². The molecule has 1 unspecified atom stereocenters. The van der Waals surface area contributed by atoms with Gasteiger partial charge in [0.25, 0.3) is 5.91 Å². The molecule has 7 nitrogen and oxygen atoms in total. The van der Waals surface area contributed by atoms with Gasteiger partial charge < -0.3 is 5.32 Å². The van der Waals surface area contributed by atoms with E-state index in [1.807, 2.05) is 31.2 Å². The van der Waals surface area contributed by atoms with Gasteiger partial charge in [0, 0.05) is 24.7 Å². The number of amides is 1. The predicted octanol–water partition coefficient (Wildman–Crippen LogP) is 3.81. The number of nitrogens with zero attached hydrogens (tertiary/aromatic N) is 3. The minimum absolute atomic E-state index is 0.0602. The molecule has 0 spiro atoms. The molecule has 1 fully saturated rings. The molecule has 1 aromatic heterocycles. The molecule has 1 aliphatic heterocycles. The Morgan fingerprint density at radius 3 is 2.55 bits per heavy atom. The van der Waals surface area contributed by atoms with Crippen molar-refractivity contribution in [2.75, 3.05) is 18.4 Å². The first-order valence-electron chi connectivity index (χ1n) is 9.80. The molecular weight excluding hydrogens is 439 g/mol. The maximum Gasteiger partial charge on any atom is 0.286 e. The topological polar surface area (TPSA) is 92.3 Å². The fraction of sp³-hybridized carbons (Fsp3) is 0.286. The number of rotatable bonds is 5. The van der Waals surface area contributed by atoms with E-state index >= 15 is 0 Å². The summed E-state index contributed by atoms with van der Waals surface area (Å²) in [5.41, 5.74) is 1.76. The molecule has 162 valence electrons. The zero-order chi connectivity index (χ0) is 22.0. The van der Waals surface area contributed by atoms with E-state index in [9.17, 15) is 17.6 Å². The van der Waals surface area contributed by atoms with Crippen molar-refractivity contribution in [1.82, 2.24) is 14.5 Å². The molecule has 1 N–H and O–H groups in total. The molecule has 1 aliphatic rings. The van der Waals surface area contributed by atoms with Crippen LogP contribution >= 0.6 is 11.3 Å². The number of carbonyl (C=O) groups excluding carboxylic acids is 1. The maximum atomic E-state index is 13.2.